The summed E-state index contributed by atoms with van der Waals surface area (Å²) in [4.78, 5) is 25.4. The van der Waals surface area contributed by atoms with Crippen LogP contribution in [0.5, 0.6) is 0 Å². The van der Waals surface area contributed by atoms with Gasteiger partial charge in [-0.1, -0.05) is 18.2 Å². The van der Waals surface area contributed by atoms with Crippen LogP contribution in [-0.2, 0) is 0 Å². The number of carboxylic acid groups (broad SMARTS) is 1. The first-order chi connectivity index (χ1) is 12.6. The Balaban J connectivity index is 1.44. The van der Waals surface area contributed by atoms with Crippen molar-refractivity contribution in [2.45, 2.75) is 18.9 Å². The van der Waals surface area contributed by atoms with Crippen LogP contribution in [0, 0.1) is 0 Å². The Kier molecular flexibility index (Phi) is 4.16. The lowest BCUT2D eigenvalue weighted by molar-refractivity contribution is 0.0680. The molecule has 2 aromatic carbocycles. The topological polar surface area (TPSA) is 75.4 Å². The largest absolute Gasteiger partial charge is 0.478 e. The number of aromatic carboxylic acids is 1. The van der Waals surface area contributed by atoms with Crippen molar-refractivity contribution in [2.24, 2.45) is 0 Å². The Labute approximate surface area is 150 Å². The van der Waals surface area contributed by atoms with Crippen molar-refractivity contribution >= 4 is 22.8 Å². The zero-order valence-corrected chi connectivity index (χ0v) is 14.2. The molecule has 6 heteroatoms. The Morgan fingerprint density at radius 3 is 2.31 bits per heavy atom. The lowest BCUT2D eigenvalue weighted by atomic mass is 10.0. The van der Waals surface area contributed by atoms with Crippen LogP contribution >= 0.6 is 0 Å². The number of likely N-dealkylation sites (tertiary alicyclic amines) is 1. The number of amides is 1. The average Bonchev–Trinajstić information content (AvgIpc) is 3.12. The predicted molar refractivity (Wildman–Crippen MR) is 97.3 cm³/mol. The summed E-state index contributed by atoms with van der Waals surface area (Å²) in [6, 6.07) is 14.5. The number of carboxylic acids is 1. The number of nitrogens with zero attached hydrogens (tertiary/aromatic N) is 3. The molecule has 26 heavy (non-hydrogen) atoms. The van der Waals surface area contributed by atoms with Crippen molar-refractivity contribution in [3.8, 4) is 0 Å². The van der Waals surface area contributed by atoms with Gasteiger partial charge in [-0.15, -0.1) is 0 Å². The van der Waals surface area contributed by atoms with Crippen molar-refractivity contribution in [2.75, 3.05) is 13.1 Å². The van der Waals surface area contributed by atoms with Gasteiger partial charge in [0.1, 0.15) is 0 Å². The van der Waals surface area contributed by atoms with Gasteiger partial charge in [-0.3, -0.25) is 9.48 Å². The maximum atomic E-state index is 12.6. The van der Waals surface area contributed by atoms with E-state index in [0.29, 0.717) is 18.7 Å². The van der Waals surface area contributed by atoms with Crippen molar-refractivity contribution in [1.29, 1.82) is 0 Å². The fourth-order valence-electron chi connectivity index (χ4n) is 3.53. The molecule has 1 aliphatic heterocycles. The van der Waals surface area contributed by atoms with Gasteiger partial charge in [-0.05, 0) is 43.2 Å². The van der Waals surface area contributed by atoms with E-state index in [4.69, 9.17) is 5.11 Å². The molecule has 0 saturated carbocycles. The smallest absolute Gasteiger partial charge is 0.335 e. The number of hydrogen-bond donors (Lipinski definition) is 1. The second-order valence-corrected chi connectivity index (χ2v) is 6.55. The Morgan fingerprint density at radius 1 is 0.962 bits per heavy atom. The molecule has 6 nitrogen and oxygen atoms in total. The van der Waals surface area contributed by atoms with Gasteiger partial charge in [0.15, 0.2) is 0 Å². The Bertz CT molecular complexity index is 954. The summed E-state index contributed by atoms with van der Waals surface area (Å²) in [6.07, 6.45) is 3.59. The third kappa shape index (κ3) is 2.94. The van der Waals surface area contributed by atoms with Crippen molar-refractivity contribution in [1.82, 2.24) is 14.7 Å². The highest BCUT2D eigenvalue weighted by atomic mass is 16.4. The highest BCUT2D eigenvalue weighted by molar-refractivity contribution is 5.96. The van der Waals surface area contributed by atoms with Crippen LogP contribution in [-0.4, -0.2) is 44.8 Å². The summed E-state index contributed by atoms with van der Waals surface area (Å²) in [6.45, 7) is 1.33. The third-order valence-corrected chi connectivity index (χ3v) is 4.98. The molecular weight excluding hydrogens is 330 g/mol. The SMILES string of the molecule is O=C(O)c1ccc(C(=O)N2CCC(n3ncc4ccccc43)CC2)cc1. The minimum atomic E-state index is -0.990. The second-order valence-electron chi connectivity index (χ2n) is 6.55. The summed E-state index contributed by atoms with van der Waals surface area (Å²) < 4.78 is 2.07. The molecule has 1 aliphatic rings. The normalized spacial score (nSPS) is 15.3. The maximum Gasteiger partial charge on any atom is 0.335 e. The van der Waals surface area contributed by atoms with Gasteiger partial charge in [-0.25, -0.2) is 4.79 Å². The standard InChI is InChI=1S/C20H19N3O3/c24-19(14-5-7-15(8-6-14)20(25)26)22-11-9-17(10-12-22)23-18-4-2-1-3-16(18)13-21-23/h1-8,13,17H,9-12H2,(H,25,26). The summed E-state index contributed by atoms with van der Waals surface area (Å²) in [5, 5.41) is 14.6. The molecule has 0 spiro atoms. The first-order valence-corrected chi connectivity index (χ1v) is 8.68. The molecule has 1 amide bonds. The highest BCUT2D eigenvalue weighted by Gasteiger charge is 2.25. The molecule has 132 valence electrons. The molecule has 1 N–H and O–H groups in total. The van der Waals surface area contributed by atoms with Gasteiger partial charge in [0, 0.05) is 24.0 Å². The molecule has 0 atom stereocenters. The fourth-order valence-corrected chi connectivity index (χ4v) is 3.53. The van der Waals surface area contributed by atoms with Gasteiger partial charge in [-0.2, -0.15) is 5.10 Å². The number of hydrogen-bond acceptors (Lipinski definition) is 3. The molecular formula is C20H19N3O3. The quantitative estimate of drug-likeness (QED) is 0.788. The van der Waals surface area contributed by atoms with Crippen LogP contribution < -0.4 is 0 Å². The van der Waals surface area contributed by atoms with E-state index in [9.17, 15) is 9.59 Å². The summed E-state index contributed by atoms with van der Waals surface area (Å²) in [7, 11) is 0. The lowest BCUT2D eigenvalue weighted by Crippen LogP contribution is -2.39. The lowest BCUT2D eigenvalue weighted by Gasteiger charge is -2.32. The minimum Gasteiger partial charge on any atom is -0.478 e. The fraction of sp³-hybridized carbons (Fsp3) is 0.250. The summed E-state index contributed by atoms with van der Waals surface area (Å²) in [5.74, 6) is -1.04. The van der Waals surface area contributed by atoms with Crippen LogP contribution in [0.2, 0.25) is 0 Å². The van der Waals surface area contributed by atoms with Crippen molar-refractivity contribution in [3.63, 3.8) is 0 Å². The number of benzene rings is 2. The molecule has 1 saturated heterocycles. The van der Waals surface area contributed by atoms with Crippen LogP contribution in [0.25, 0.3) is 10.9 Å². The molecule has 0 unspecified atom stereocenters. The molecule has 4 rings (SSSR count). The number of fused-ring (bicyclic) bond motifs is 1. The number of rotatable bonds is 3. The first kappa shape index (κ1) is 16.3. The van der Waals surface area contributed by atoms with Gasteiger partial charge in [0.25, 0.3) is 5.91 Å². The van der Waals surface area contributed by atoms with Crippen LogP contribution in [0.4, 0.5) is 0 Å². The first-order valence-electron chi connectivity index (χ1n) is 8.68. The number of carbonyl (C=O) groups is 2. The van der Waals surface area contributed by atoms with Crippen LogP contribution in [0.15, 0.2) is 54.7 Å². The van der Waals surface area contributed by atoms with Crippen LogP contribution in [0.1, 0.15) is 39.6 Å². The van der Waals surface area contributed by atoms with Gasteiger partial charge in [0.05, 0.1) is 23.3 Å². The third-order valence-electron chi connectivity index (χ3n) is 4.98. The summed E-state index contributed by atoms with van der Waals surface area (Å²) >= 11 is 0. The number of aromatic nitrogens is 2. The number of para-hydroxylation sites is 1. The van der Waals surface area contributed by atoms with E-state index in [2.05, 4.69) is 21.9 Å². The van der Waals surface area contributed by atoms with E-state index in [1.165, 1.54) is 12.1 Å². The zero-order chi connectivity index (χ0) is 18.1. The highest BCUT2D eigenvalue weighted by Crippen LogP contribution is 2.27. The van der Waals surface area contributed by atoms with E-state index in [1.807, 2.05) is 23.2 Å². The molecule has 0 aliphatic carbocycles. The van der Waals surface area contributed by atoms with E-state index in [-0.39, 0.29) is 17.5 Å². The number of piperidine rings is 1. The van der Waals surface area contributed by atoms with E-state index in [0.717, 1.165) is 23.7 Å². The van der Waals surface area contributed by atoms with Crippen LogP contribution in [0.3, 0.4) is 0 Å². The Hall–Kier alpha value is -3.15. The van der Waals surface area contributed by atoms with E-state index in [1.54, 1.807) is 12.1 Å². The molecule has 1 aromatic heterocycles. The van der Waals surface area contributed by atoms with Crippen molar-refractivity contribution < 1.29 is 14.7 Å². The predicted octanol–water partition coefficient (Wildman–Crippen LogP) is 3.21. The van der Waals surface area contributed by atoms with Gasteiger partial charge >= 0.3 is 5.97 Å². The summed E-state index contributed by atoms with van der Waals surface area (Å²) in [5.41, 5.74) is 1.84. The Morgan fingerprint density at radius 2 is 1.62 bits per heavy atom. The zero-order valence-electron chi connectivity index (χ0n) is 14.2. The van der Waals surface area contributed by atoms with Gasteiger partial charge in [0.2, 0.25) is 0 Å². The average molecular weight is 349 g/mol. The van der Waals surface area contributed by atoms with Crippen molar-refractivity contribution in [3.05, 3.63) is 65.9 Å². The number of carbonyl (C=O) groups excluding carboxylic acids is 1. The molecule has 2 heterocycles. The van der Waals surface area contributed by atoms with Gasteiger partial charge < -0.3 is 10.0 Å². The molecule has 0 radical (unpaired) electrons. The second kappa shape index (κ2) is 6.63. The maximum absolute atomic E-state index is 12.6. The van der Waals surface area contributed by atoms with E-state index < -0.39 is 5.97 Å². The van der Waals surface area contributed by atoms with E-state index >= 15 is 0 Å². The molecule has 3 aromatic rings. The monoisotopic (exact) mass is 349 g/mol. The minimum absolute atomic E-state index is 0.0503. The molecule has 1 fully saturated rings. The molecule has 0 bridgehead atoms.